The van der Waals surface area contributed by atoms with Crippen LogP contribution in [0.1, 0.15) is 49.3 Å². The average molecular weight is 441 g/mol. The predicted octanol–water partition coefficient (Wildman–Crippen LogP) is 3.06. The Bertz CT molecular complexity index is 790. The van der Waals surface area contributed by atoms with E-state index in [1.165, 1.54) is 37.2 Å². The van der Waals surface area contributed by atoms with Gasteiger partial charge in [0.1, 0.15) is 5.76 Å². The molecule has 0 saturated carbocycles. The van der Waals surface area contributed by atoms with Gasteiger partial charge in [-0.3, -0.25) is 9.89 Å². The molecule has 2 N–H and O–H groups in total. The maximum absolute atomic E-state index is 5.45. The van der Waals surface area contributed by atoms with Crippen molar-refractivity contribution < 1.29 is 4.52 Å². The predicted molar refractivity (Wildman–Crippen MR) is 131 cm³/mol. The van der Waals surface area contributed by atoms with Crippen molar-refractivity contribution in [3.63, 3.8) is 0 Å². The summed E-state index contributed by atoms with van der Waals surface area (Å²) >= 11 is 0. The van der Waals surface area contributed by atoms with Gasteiger partial charge < -0.3 is 20.1 Å². The molecule has 2 heterocycles. The van der Waals surface area contributed by atoms with Gasteiger partial charge in [-0.15, -0.1) is 0 Å². The molecule has 0 amide bonds. The van der Waals surface area contributed by atoms with Gasteiger partial charge in [0.25, 0.3) is 0 Å². The summed E-state index contributed by atoms with van der Waals surface area (Å²) in [6.45, 7) is 12.7. The van der Waals surface area contributed by atoms with Crippen LogP contribution in [0.5, 0.6) is 0 Å². The summed E-state index contributed by atoms with van der Waals surface area (Å²) < 4.78 is 5.45. The summed E-state index contributed by atoms with van der Waals surface area (Å²) in [4.78, 5) is 9.51. The van der Waals surface area contributed by atoms with Gasteiger partial charge in [-0.2, -0.15) is 0 Å². The number of rotatable bonds is 11. The van der Waals surface area contributed by atoms with Crippen LogP contribution in [0.15, 0.2) is 39.8 Å². The molecule has 1 aliphatic heterocycles. The largest absolute Gasteiger partial charge is 0.361 e. The molecule has 32 heavy (non-hydrogen) atoms. The molecule has 0 bridgehead atoms. The number of aryl methyl sites for hydroxylation is 2. The lowest BCUT2D eigenvalue weighted by molar-refractivity contribution is 0.126. The smallest absolute Gasteiger partial charge is 0.191 e. The average Bonchev–Trinajstić information content (AvgIpc) is 3.24. The number of aliphatic imine (C=N–C) groups is 1. The second kappa shape index (κ2) is 13.2. The Kier molecular flexibility index (Phi) is 10.0. The highest BCUT2D eigenvalue weighted by molar-refractivity contribution is 5.79. The topological polar surface area (TPSA) is 68.9 Å². The maximum Gasteiger partial charge on any atom is 0.191 e. The third-order valence-corrected chi connectivity index (χ3v) is 6.17. The molecule has 1 aromatic heterocycles. The monoisotopic (exact) mass is 440 g/mol. The molecule has 0 atom stereocenters. The van der Waals surface area contributed by atoms with Crippen LogP contribution in [0.2, 0.25) is 0 Å². The molecule has 176 valence electrons. The highest BCUT2D eigenvalue weighted by atomic mass is 16.5. The Morgan fingerprint density at radius 1 is 1.00 bits per heavy atom. The third-order valence-electron chi connectivity index (χ3n) is 6.17. The van der Waals surface area contributed by atoms with E-state index in [1.54, 1.807) is 0 Å². The molecule has 1 aliphatic rings. The quantitative estimate of drug-likeness (QED) is 0.318. The van der Waals surface area contributed by atoms with Crippen molar-refractivity contribution in [1.29, 1.82) is 0 Å². The van der Waals surface area contributed by atoms with Crippen molar-refractivity contribution in [2.75, 3.05) is 46.3 Å². The molecular formula is C25H40N6O. The summed E-state index contributed by atoms with van der Waals surface area (Å²) in [6, 6.07) is 10.8. The first kappa shape index (κ1) is 24.3. The van der Waals surface area contributed by atoms with Gasteiger partial charge in [-0.1, -0.05) is 49.3 Å². The number of nitrogens with one attached hydrogen (secondary N) is 2. The van der Waals surface area contributed by atoms with Crippen molar-refractivity contribution >= 4 is 5.96 Å². The lowest BCUT2D eigenvalue weighted by Gasteiger charge is -2.34. The van der Waals surface area contributed by atoms with Crippen LogP contribution in [0.3, 0.4) is 0 Å². The van der Waals surface area contributed by atoms with E-state index in [2.05, 4.69) is 74.8 Å². The lowest BCUT2D eigenvalue weighted by atomic mass is 10.1. The first-order valence-corrected chi connectivity index (χ1v) is 12.1. The SMILES string of the molecule is CCc1noc(CC)c1CNC(=NC)NCCCCN1CCN(Cc2ccccc2)CC1. The third kappa shape index (κ3) is 7.35. The molecule has 3 rings (SSSR count). The Hall–Kier alpha value is -2.38. The van der Waals surface area contributed by atoms with Crippen molar-refractivity contribution in [2.45, 2.75) is 52.6 Å². The van der Waals surface area contributed by atoms with Gasteiger partial charge in [0.05, 0.1) is 5.69 Å². The van der Waals surface area contributed by atoms with E-state index in [-0.39, 0.29) is 0 Å². The van der Waals surface area contributed by atoms with Crippen LogP contribution < -0.4 is 10.6 Å². The van der Waals surface area contributed by atoms with Crippen LogP contribution in [-0.2, 0) is 25.9 Å². The molecule has 0 radical (unpaired) electrons. The Balaban J connectivity index is 1.28. The standard InChI is InChI=1S/C25H40N6O/c1-4-23-22(24(5-2)32-29-23)19-28-25(26-3)27-13-9-10-14-30-15-17-31(18-16-30)20-21-11-7-6-8-12-21/h6-8,11-12H,4-5,9-10,13-20H2,1-3H3,(H2,26,27,28). The fourth-order valence-corrected chi connectivity index (χ4v) is 4.21. The zero-order chi connectivity index (χ0) is 22.6. The van der Waals surface area contributed by atoms with E-state index in [9.17, 15) is 0 Å². The summed E-state index contributed by atoms with van der Waals surface area (Å²) in [5.74, 6) is 1.80. The molecule has 0 aliphatic carbocycles. The number of unbranched alkanes of at least 4 members (excludes halogenated alkanes) is 1. The molecule has 1 saturated heterocycles. The lowest BCUT2D eigenvalue weighted by Crippen LogP contribution is -2.46. The van der Waals surface area contributed by atoms with Gasteiger partial charge in [0, 0.05) is 64.8 Å². The molecule has 0 spiro atoms. The van der Waals surface area contributed by atoms with Crippen molar-refractivity contribution in [2.24, 2.45) is 4.99 Å². The van der Waals surface area contributed by atoms with Gasteiger partial charge in [-0.05, 0) is 31.4 Å². The van der Waals surface area contributed by atoms with Crippen LogP contribution in [-0.4, -0.2) is 67.2 Å². The normalized spacial score (nSPS) is 15.8. The van der Waals surface area contributed by atoms with Crippen molar-refractivity contribution in [1.82, 2.24) is 25.6 Å². The minimum atomic E-state index is 0.697. The van der Waals surface area contributed by atoms with Crippen molar-refractivity contribution in [3.05, 3.63) is 52.9 Å². The van der Waals surface area contributed by atoms with E-state index in [0.29, 0.717) is 6.54 Å². The van der Waals surface area contributed by atoms with Gasteiger partial charge in [-0.25, -0.2) is 0 Å². The minimum Gasteiger partial charge on any atom is -0.361 e. The number of benzene rings is 1. The fraction of sp³-hybridized carbons (Fsp3) is 0.600. The van der Waals surface area contributed by atoms with Gasteiger partial charge >= 0.3 is 0 Å². The minimum absolute atomic E-state index is 0.697. The number of piperazine rings is 1. The van der Waals surface area contributed by atoms with E-state index >= 15 is 0 Å². The number of aromatic nitrogens is 1. The molecule has 7 heteroatoms. The fourth-order valence-electron chi connectivity index (χ4n) is 4.21. The van der Waals surface area contributed by atoms with E-state index in [0.717, 1.165) is 62.9 Å². The molecule has 2 aromatic rings. The molecular weight excluding hydrogens is 400 g/mol. The van der Waals surface area contributed by atoms with Gasteiger partial charge in [0.15, 0.2) is 5.96 Å². The van der Waals surface area contributed by atoms with Crippen molar-refractivity contribution in [3.8, 4) is 0 Å². The Labute approximate surface area is 193 Å². The highest BCUT2D eigenvalue weighted by Gasteiger charge is 2.16. The molecule has 0 unspecified atom stereocenters. The number of hydrogen-bond acceptors (Lipinski definition) is 5. The maximum atomic E-state index is 5.45. The molecule has 1 aromatic carbocycles. The number of hydrogen-bond donors (Lipinski definition) is 2. The van der Waals surface area contributed by atoms with E-state index in [1.807, 2.05) is 7.05 Å². The number of guanidine groups is 1. The Morgan fingerprint density at radius 3 is 2.44 bits per heavy atom. The second-order valence-electron chi connectivity index (χ2n) is 8.40. The summed E-state index contributed by atoms with van der Waals surface area (Å²) in [5.41, 5.74) is 3.62. The zero-order valence-electron chi connectivity index (χ0n) is 20.1. The first-order valence-electron chi connectivity index (χ1n) is 12.1. The Morgan fingerprint density at radius 2 is 1.75 bits per heavy atom. The highest BCUT2D eigenvalue weighted by Crippen LogP contribution is 2.15. The molecule has 1 fully saturated rings. The van der Waals surface area contributed by atoms with Gasteiger partial charge in [0.2, 0.25) is 0 Å². The number of nitrogens with zero attached hydrogens (tertiary/aromatic N) is 4. The van der Waals surface area contributed by atoms with Crippen LogP contribution in [0.25, 0.3) is 0 Å². The molecule has 7 nitrogen and oxygen atoms in total. The first-order chi connectivity index (χ1) is 15.7. The summed E-state index contributed by atoms with van der Waals surface area (Å²) in [5, 5.41) is 11.0. The second-order valence-corrected chi connectivity index (χ2v) is 8.40. The van der Waals surface area contributed by atoms with Crippen LogP contribution >= 0.6 is 0 Å². The summed E-state index contributed by atoms with van der Waals surface area (Å²) in [6.07, 6.45) is 4.08. The summed E-state index contributed by atoms with van der Waals surface area (Å²) in [7, 11) is 1.82. The van der Waals surface area contributed by atoms with E-state index in [4.69, 9.17) is 4.52 Å². The van der Waals surface area contributed by atoms with E-state index < -0.39 is 0 Å². The van der Waals surface area contributed by atoms with Crippen LogP contribution in [0.4, 0.5) is 0 Å². The zero-order valence-corrected chi connectivity index (χ0v) is 20.1. The van der Waals surface area contributed by atoms with Crippen LogP contribution in [0, 0.1) is 0 Å².